The summed E-state index contributed by atoms with van der Waals surface area (Å²) < 4.78 is 28.7. The van der Waals surface area contributed by atoms with Gasteiger partial charge in [0, 0.05) is 6.54 Å². The lowest BCUT2D eigenvalue weighted by Gasteiger charge is -2.20. The number of halogens is 4. The number of nitrogens with zero attached hydrogens (tertiary/aromatic N) is 2. The molecule has 0 saturated carbocycles. The molecule has 0 bridgehead atoms. The van der Waals surface area contributed by atoms with Crippen LogP contribution in [0.1, 0.15) is 24.2 Å². The van der Waals surface area contributed by atoms with Crippen molar-refractivity contribution in [3.63, 3.8) is 0 Å². The predicted octanol–water partition coefficient (Wildman–Crippen LogP) is 3.91. The summed E-state index contributed by atoms with van der Waals surface area (Å²) in [5, 5.41) is 7.69. The van der Waals surface area contributed by atoms with E-state index in [0.29, 0.717) is 22.8 Å². The second kappa shape index (κ2) is 6.20. The van der Waals surface area contributed by atoms with Gasteiger partial charge in [-0.1, -0.05) is 17.7 Å². The van der Waals surface area contributed by atoms with Crippen molar-refractivity contribution in [3.8, 4) is 0 Å². The van der Waals surface area contributed by atoms with Crippen LogP contribution in [0.3, 0.4) is 0 Å². The Morgan fingerprint density at radius 2 is 2.15 bits per heavy atom. The molecule has 108 valence electrons. The van der Waals surface area contributed by atoms with E-state index in [2.05, 4.69) is 26.3 Å². The normalized spacial score (nSPS) is 12.7. The van der Waals surface area contributed by atoms with Crippen molar-refractivity contribution in [1.82, 2.24) is 15.1 Å². The van der Waals surface area contributed by atoms with Crippen LogP contribution in [0.4, 0.5) is 8.78 Å². The van der Waals surface area contributed by atoms with Crippen LogP contribution < -0.4 is 5.32 Å². The Labute approximate surface area is 129 Å². The number of aryl methyl sites for hydroxylation is 1. The minimum absolute atomic E-state index is 0.0803. The summed E-state index contributed by atoms with van der Waals surface area (Å²) in [4.78, 5) is 0. The van der Waals surface area contributed by atoms with Crippen molar-refractivity contribution in [1.29, 1.82) is 0 Å². The largest absolute Gasteiger partial charge is 0.308 e. The topological polar surface area (TPSA) is 29.9 Å². The molecule has 1 N–H and O–H groups in total. The minimum Gasteiger partial charge on any atom is -0.308 e. The first kappa shape index (κ1) is 15.4. The molecular formula is C13H13BrClF2N3. The van der Waals surface area contributed by atoms with Crippen LogP contribution in [0, 0.1) is 11.6 Å². The van der Waals surface area contributed by atoms with Crippen LogP contribution >= 0.6 is 27.5 Å². The Morgan fingerprint density at radius 3 is 2.75 bits per heavy atom. The zero-order chi connectivity index (χ0) is 14.9. The maximum Gasteiger partial charge on any atom is 0.173 e. The van der Waals surface area contributed by atoms with Crippen LogP contribution in [-0.4, -0.2) is 16.8 Å². The minimum atomic E-state index is -0.915. The van der Waals surface area contributed by atoms with Crippen molar-refractivity contribution in [3.05, 3.63) is 50.7 Å². The lowest BCUT2D eigenvalue weighted by molar-refractivity contribution is 0.497. The number of aromatic nitrogens is 2. The fourth-order valence-corrected chi connectivity index (χ4v) is 2.91. The number of hydrogen-bond acceptors (Lipinski definition) is 2. The second-order valence-corrected chi connectivity index (χ2v) is 5.38. The van der Waals surface area contributed by atoms with Gasteiger partial charge in [-0.2, -0.15) is 5.10 Å². The van der Waals surface area contributed by atoms with Crippen molar-refractivity contribution in [2.75, 3.05) is 7.05 Å². The molecule has 0 amide bonds. The summed E-state index contributed by atoms with van der Waals surface area (Å²) in [5.41, 5.74) is 1.27. The lowest BCUT2D eigenvalue weighted by atomic mass is 10.0. The molecule has 7 heteroatoms. The van der Waals surface area contributed by atoms with Gasteiger partial charge >= 0.3 is 0 Å². The van der Waals surface area contributed by atoms with Crippen LogP contribution in [0.5, 0.6) is 0 Å². The monoisotopic (exact) mass is 363 g/mol. The van der Waals surface area contributed by atoms with Gasteiger partial charge in [-0.3, -0.25) is 4.68 Å². The van der Waals surface area contributed by atoms with Gasteiger partial charge in [0.1, 0.15) is 0 Å². The predicted molar refractivity (Wildman–Crippen MR) is 77.9 cm³/mol. The maximum absolute atomic E-state index is 13.7. The summed E-state index contributed by atoms with van der Waals surface area (Å²) >= 11 is 9.27. The lowest BCUT2D eigenvalue weighted by Crippen LogP contribution is -2.22. The molecule has 0 spiro atoms. The first-order chi connectivity index (χ1) is 9.51. The summed E-state index contributed by atoms with van der Waals surface area (Å²) in [5.74, 6) is -1.81. The Hall–Kier alpha value is -0.980. The number of benzene rings is 1. The molecule has 3 nitrogen and oxygen atoms in total. The highest BCUT2D eigenvalue weighted by atomic mass is 79.9. The van der Waals surface area contributed by atoms with E-state index in [9.17, 15) is 8.78 Å². The summed E-state index contributed by atoms with van der Waals surface area (Å²) in [6, 6.07) is 2.22. The molecule has 0 aliphatic carbocycles. The highest BCUT2D eigenvalue weighted by Gasteiger charge is 2.24. The molecule has 1 atom stereocenters. The molecule has 2 aromatic rings. The van der Waals surface area contributed by atoms with E-state index in [1.165, 1.54) is 6.07 Å². The van der Waals surface area contributed by atoms with E-state index in [1.54, 1.807) is 17.9 Å². The third-order valence-corrected chi connectivity index (χ3v) is 4.17. The fraction of sp³-hybridized carbons (Fsp3) is 0.308. The Balaban J connectivity index is 2.58. The Kier molecular flexibility index (Phi) is 4.78. The quantitative estimate of drug-likeness (QED) is 0.834. The van der Waals surface area contributed by atoms with Gasteiger partial charge in [0.25, 0.3) is 0 Å². The van der Waals surface area contributed by atoms with Crippen LogP contribution in [0.15, 0.2) is 22.8 Å². The van der Waals surface area contributed by atoms with Crippen molar-refractivity contribution in [2.24, 2.45) is 0 Å². The molecule has 0 aliphatic heterocycles. The second-order valence-electron chi connectivity index (χ2n) is 4.18. The van der Waals surface area contributed by atoms with E-state index >= 15 is 0 Å². The van der Waals surface area contributed by atoms with Gasteiger partial charge in [-0.05, 0) is 41.5 Å². The molecule has 0 radical (unpaired) electrons. The highest BCUT2D eigenvalue weighted by Crippen LogP contribution is 2.34. The summed E-state index contributed by atoms with van der Waals surface area (Å²) in [7, 11) is 1.72. The molecule has 0 fully saturated rings. The smallest absolute Gasteiger partial charge is 0.173 e. The maximum atomic E-state index is 13.7. The first-order valence-corrected chi connectivity index (χ1v) is 7.20. The third-order valence-electron chi connectivity index (χ3n) is 3.07. The molecule has 2 rings (SSSR count). The Bertz CT molecular complexity index is 630. The van der Waals surface area contributed by atoms with Gasteiger partial charge < -0.3 is 5.32 Å². The molecule has 1 aromatic carbocycles. The van der Waals surface area contributed by atoms with Gasteiger partial charge in [0.05, 0.1) is 27.4 Å². The van der Waals surface area contributed by atoms with E-state index in [1.807, 2.05) is 6.92 Å². The van der Waals surface area contributed by atoms with Crippen LogP contribution in [0.2, 0.25) is 5.02 Å². The molecule has 0 aliphatic rings. The molecule has 1 unspecified atom stereocenters. The van der Waals surface area contributed by atoms with E-state index in [4.69, 9.17) is 11.6 Å². The van der Waals surface area contributed by atoms with Gasteiger partial charge in [0.2, 0.25) is 0 Å². The zero-order valence-corrected chi connectivity index (χ0v) is 13.3. The van der Waals surface area contributed by atoms with E-state index < -0.39 is 17.7 Å². The van der Waals surface area contributed by atoms with Gasteiger partial charge in [-0.25, -0.2) is 8.78 Å². The van der Waals surface area contributed by atoms with E-state index in [0.717, 1.165) is 6.07 Å². The third kappa shape index (κ3) is 2.60. The molecule has 0 saturated heterocycles. The average Bonchev–Trinajstić information content (AvgIpc) is 2.81. The fourth-order valence-electron chi connectivity index (χ4n) is 2.11. The van der Waals surface area contributed by atoms with Crippen LogP contribution in [-0.2, 0) is 6.54 Å². The van der Waals surface area contributed by atoms with Crippen molar-refractivity contribution >= 4 is 27.5 Å². The first-order valence-electron chi connectivity index (χ1n) is 6.03. The Morgan fingerprint density at radius 1 is 1.45 bits per heavy atom. The molecule has 1 aromatic heterocycles. The SMILES string of the molecule is CCn1ncc(Cl)c1C(NC)c1ccc(F)c(F)c1Br. The van der Waals surface area contributed by atoms with Crippen molar-refractivity contribution in [2.45, 2.75) is 19.5 Å². The number of rotatable bonds is 4. The van der Waals surface area contributed by atoms with E-state index in [-0.39, 0.29) is 4.47 Å². The number of hydrogen-bond donors (Lipinski definition) is 1. The summed E-state index contributed by atoms with van der Waals surface area (Å²) in [6.45, 7) is 2.56. The van der Waals surface area contributed by atoms with Gasteiger partial charge in [-0.15, -0.1) is 0 Å². The molecule has 1 heterocycles. The highest BCUT2D eigenvalue weighted by molar-refractivity contribution is 9.10. The number of nitrogens with one attached hydrogen (secondary N) is 1. The van der Waals surface area contributed by atoms with Gasteiger partial charge in [0.15, 0.2) is 11.6 Å². The zero-order valence-electron chi connectivity index (χ0n) is 10.9. The average molecular weight is 365 g/mol. The van der Waals surface area contributed by atoms with Crippen molar-refractivity contribution < 1.29 is 8.78 Å². The van der Waals surface area contributed by atoms with Crippen LogP contribution in [0.25, 0.3) is 0 Å². The summed E-state index contributed by atoms with van der Waals surface area (Å²) in [6.07, 6.45) is 1.54. The molecule has 20 heavy (non-hydrogen) atoms. The molecular weight excluding hydrogens is 352 g/mol. The standard InChI is InChI=1S/C13H13BrClF2N3/c1-3-20-13(8(15)6-19-20)12(18-2)7-4-5-9(16)11(17)10(7)14/h4-6,12,18H,3H2,1-2H3.